The number of nitrogens with zero attached hydrogens (tertiary/aromatic N) is 3. The molecule has 1 saturated heterocycles. The normalized spacial score (nSPS) is 28.6. The quantitative estimate of drug-likeness (QED) is 0.288. The maximum atomic E-state index is 10.5. The summed E-state index contributed by atoms with van der Waals surface area (Å²) in [5, 5.41) is 23.9. The molecule has 0 amide bonds. The molecule has 0 aliphatic carbocycles. The van der Waals surface area contributed by atoms with Gasteiger partial charge in [0.05, 0.1) is 19.3 Å². The number of azide groups is 1. The van der Waals surface area contributed by atoms with Crippen LogP contribution in [0.1, 0.15) is 5.56 Å². The lowest BCUT2D eigenvalue weighted by Gasteiger charge is -2.42. The third-order valence-corrected chi connectivity index (χ3v) is 6.13. The van der Waals surface area contributed by atoms with Gasteiger partial charge in [0, 0.05) is 19.6 Å². The largest absolute Gasteiger partial charge is 0.394 e. The van der Waals surface area contributed by atoms with Crippen LogP contribution in [0.3, 0.4) is 0 Å². The number of aliphatic hydroxyl groups excluding tert-OH is 2. The molecule has 1 aromatic carbocycles. The molecule has 1 aromatic rings. The monoisotopic (exact) mass is 395 g/mol. The summed E-state index contributed by atoms with van der Waals surface area (Å²) in [4.78, 5) is 2.88. The van der Waals surface area contributed by atoms with Crippen LogP contribution in [0.5, 0.6) is 0 Å². The third-order valence-electron chi connectivity index (χ3n) is 4.43. The number of hydrogen-bond acceptors (Lipinski definition) is 6. The molecule has 0 bridgehead atoms. The van der Waals surface area contributed by atoms with E-state index in [1.807, 2.05) is 30.3 Å². The number of aliphatic hydroxyl groups is 2. The van der Waals surface area contributed by atoms with Crippen LogP contribution in [0, 0.1) is 0 Å². The third kappa shape index (κ3) is 6.58. The Morgan fingerprint density at radius 3 is 2.52 bits per heavy atom. The second-order valence-electron chi connectivity index (χ2n) is 7.85. The Balaban J connectivity index is 2.12. The maximum absolute atomic E-state index is 10.5. The van der Waals surface area contributed by atoms with E-state index in [-0.39, 0.29) is 13.2 Å². The lowest BCUT2D eigenvalue weighted by atomic mass is 9.97. The molecule has 0 saturated carbocycles. The molecular formula is C18H29N3O5Si. The van der Waals surface area contributed by atoms with Crippen molar-refractivity contribution >= 4 is 8.07 Å². The predicted molar refractivity (Wildman–Crippen MR) is 104 cm³/mol. The van der Waals surface area contributed by atoms with Crippen LogP contribution < -0.4 is 0 Å². The molecule has 1 fully saturated rings. The molecule has 1 aliphatic rings. The van der Waals surface area contributed by atoms with E-state index in [0.717, 1.165) is 11.6 Å². The molecule has 150 valence electrons. The van der Waals surface area contributed by atoms with Crippen molar-refractivity contribution in [3.63, 3.8) is 0 Å². The standard InChI is InChI=1S/C18H29N3O5Si/c1-27(2,3)10-9-24-18-15(20-21-19)17(16(23)14(11-22)26-18)25-12-13-7-5-4-6-8-13/h4-8,14-18,22-23H,9-12H2,1-3H3/t14-,15-,16+,17-,18-/m1/s1. The van der Waals surface area contributed by atoms with Crippen molar-refractivity contribution in [2.45, 2.75) is 62.9 Å². The van der Waals surface area contributed by atoms with Crippen molar-refractivity contribution in [1.29, 1.82) is 0 Å². The first-order valence-electron chi connectivity index (χ1n) is 9.11. The maximum Gasteiger partial charge on any atom is 0.169 e. The van der Waals surface area contributed by atoms with Crippen LogP contribution in [0.25, 0.3) is 10.4 Å². The second kappa shape index (κ2) is 10.2. The molecule has 0 radical (unpaired) electrons. The number of hydrogen-bond donors (Lipinski definition) is 2. The number of ether oxygens (including phenoxy) is 3. The molecule has 8 nitrogen and oxygen atoms in total. The van der Waals surface area contributed by atoms with E-state index in [1.54, 1.807) is 0 Å². The number of benzene rings is 1. The minimum absolute atomic E-state index is 0.236. The Morgan fingerprint density at radius 1 is 1.22 bits per heavy atom. The average molecular weight is 396 g/mol. The Hall–Kier alpha value is -1.45. The van der Waals surface area contributed by atoms with Gasteiger partial charge < -0.3 is 24.4 Å². The SMILES string of the molecule is C[Si](C)(C)CCO[C@@H]1O[C@H](CO)[C@H](O)[C@H](OCc2ccccc2)[C@H]1N=[N+]=[N-]. The fraction of sp³-hybridized carbons (Fsp3) is 0.667. The summed E-state index contributed by atoms with van der Waals surface area (Å²) < 4.78 is 17.4. The molecule has 0 spiro atoms. The Kier molecular flexibility index (Phi) is 8.24. The summed E-state index contributed by atoms with van der Waals surface area (Å²) in [6.45, 7) is 7.00. The zero-order valence-electron chi connectivity index (χ0n) is 16.1. The van der Waals surface area contributed by atoms with Gasteiger partial charge in [-0.3, -0.25) is 0 Å². The van der Waals surface area contributed by atoms with Crippen molar-refractivity contribution < 1.29 is 24.4 Å². The zero-order chi connectivity index (χ0) is 19.9. The van der Waals surface area contributed by atoms with Crippen molar-refractivity contribution in [3.8, 4) is 0 Å². The zero-order valence-corrected chi connectivity index (χ0v) is 17.1. The highest BCUT2D eigenvalue weighted by atomic mass is 28.3. The first-order valence-corrected chi connectivity index (χ1v) is 12.8. The van der Waals surface area contributed by atoms with Crippen LogP contribution in [0.15, 0.2) is 35.4 Å². The van der Waals surface area contributed by atoms with E-state index in [4.69, 9.17) is 19.7 Å². The van der Waals surface area contributed by atoms with Crippen LogP contribution in [0.4, 0.5) is 0 Å². The summed E-state index contributed by atoms with van der Waals surface area (Å²) in [6.07, 6.45) is -3.72. The summed E-state index contributed by atoms with van der Waals surface area (Å²) in [7, 11) is -1.31. The highest BCUT2D eigenvalue weighted by molar-refractivity contribution is 6.76. The van der Waals surface area contributed by atoms with Crippen molar-refractivity contribution in [3.05, 3.63) is 46.3 Å². The molecule has 9 heteroatoms. The number of rotatable bonds is 9. The van der Waals surface area contributed by atoms with Gasteiger partial charge in [-0.05, 0) is 17.1 Å². The lowest BCUT2D eigenvalue weighted by Crippen LogP contribution is -2.59. The van der Waals surface area contributed by atoms with Gasteiger partial charge in [-0.1, -0.05) is 55.1 Å². The minimum atomic E-state index is -1.31. The molecule has 2 rings (SSSR count). The van der Waals surface area contributed by atoms with Gasteiger partial charge in [-0.25, -0.2) is 0 Å². The minimum Gasteiger partial charge on any atom is -0.394 e. The first-order chi connectivity index (χ1) is 12.9. The summed E-state index contributed by atoms with van der Waals surface area (Å²) >= 11 is 0. The van der Waals surface area contributed by atoms with Gasteiger partial charge in [-0.2, -0.15) is 0 Å². The van der Waals surface area contributed by atoms with Crippen molar-refractivity contribution in [2.75, 3.05) is 13.2 Å². The summed E-state index contributed by atoms with van der Waals surface area (Å²) in [5.74, 6) is 0. The van der Waals surface area contributed by atoms with Gasteiger partial charge in [0.1, 0.15) is 18.2 Å². The van der Waals surface area contributed by atoms with E-state index in [9.17, 15) is 10.2 Å². The van der Waals surface area contributed by atoms with Gasteiger partial charge in [-0.15, -0.1) is 0 Å². The fourth-order valence-corrected chi connectivity index (χ4v) is 3.55. The Bertz CT molecular complexity index is 621. The smallest absolute Gasteiger partial charge is 0.169 e. The summed E-state index contributed by atoms with van der Waals surface area (Å²) in [6, 6.07) is 9.56. The predicted octanol–water partition coefficient (Wildman–Crippen LogP) is 2.68. The van der Waals surface area contributed by atoms with E-state index < -0.39 is 38.7 Å². The van der Waals surface area contributed by atoms with Gasteiger partial charge >= 0.3 is 0 Å². The summed E-state index contributed by atoms with van der Waals surface area (Å²) in [5.41, 5.74) is 9.89. The van der Waals surface area contributed by atoms with Crippen LogP contribution in [-0.2, 0) is 20.8 Å². The lowest BCUT2D eigenvalue weighted by molar-refractivity contribution is -0.272. The molecule has 27 heavy (non-hydrogen) atoms. The molecule has 1 heterocycles. The molecule has 5 atom stereocenters. The highest BCUT2D eigenvalue weighted by Gasteiger charge is 2.46. The van der Waals surface area contributed by atoms with Crippen LogP contribution in [-0.4, -0.2) is 62.1 Å². The fourth-order valence-electron chi connectivity index (χ4n) is 2.82. The van der Waals surface area contributed by atoms with Crippen LogP contribution >= 0.6 is 0 Å². The highest BCUT2D eigenvalue weighted by Crippen LogP contribution is 2.28. The van der Waals surface area contributed by atoms with Gasteiger partial charge in [0.2, 0.25) is 0 Å². The topological polar surface area (TPSA) is 117 Å². The van der Waals surface area contributed by atoms with Crippen molar-refractivity contribution in [1.82, 2.24) is 0 Å². The Morgan fingerprint density at radius 2 is 1.93 bits per heavy atom. The molecule has 2 N–H and O–H groups in total. The molecule has 0 unspecified atom stereocenters. The second-order valence-corrected chi connectivity index (χ2v) is 13.5. The van der Waals surface area contributed by atoms with Crippen molar-refractivity contribution in [2.24, 2.45) is 5.11 Å². The average Bonchev–Trinajstić information content (AvgIpc) is 2.63. The van der Waals surface area contributed by atoms with Gasteiger partial charge in [0.15, 0.2) is 6.29 Å². The van der Waals surface area contributed by atoms with Crippen LogP contribution in [0.2, 0.25) is 25.7 Å². The Labute approximate surface area is 160 Å². The first kappa shape index (κ1) is 21.8. The molecule has 0 aromatic heterocycles. The molecular weight excluding hydrogens is 366 g/mol. The van der Waals surface area contributed by atoms with E-state index in [0.29, 0.717) is 6.61 Å². The van der Waals surface area contributed by atoms with E-state index in [2.05, 4.69) is 29.7 Å². The van der Waals surface area contributed by atoms with Gasteiger partial charge in [0.25, 0.3) is 0 Å². The van der Waals surface area contributed by atoms with E-state index in [1.165, 1.54) is 0 Å². The molecule has 1 aliphatic heterocycles. The van der Waals surface area contributed by atoms with E-state index >= 15 is 0 Å².